The molecule has 4 aromatic carbocycles. The molecule has 8 aromatic rings. The van der Waals surface area contributed by atoms with E-state index >= 15 is 0 Å². The zero-order valence-electron chi connectivity index (χ0n) is 19.1. The Morgan fingerprint density at radius 2 is 1.11 bits per heavy atom. The number of nitrogens with zero attached hydrogens (tertiary/aromatic N) is 4. The summed E-state index contributed by atoms with van der Waals surface area (Å²) in [5.74, 6) is 0. The highest BCUT2D eigenvalue weighted by Crippen LogP contribution is 2.54. The van der Waals surface area contributed by atoms with Crippen molar-refractivity contribution in [3.8, 4) is 11.1 Å². The first kappa shape index (κ1) is 16.1. The Hall–Kier alpha value is -4.70. The highest BCUT2D eigenvalue weighted by atomic mass is 15.4. The SMILES string of the molecule is c1cc2c3c(c1)ccn1c4ccc5c6c4[n+](c31)C21c2cccc3ccn4c7ccc(c-6c7[n+]1c4c23)C5. The summed E-state index contributed by atoms with van der Waals surface area (Å²) in [6, 6.07) is 27.9. The fraction of sp³-hybridized carbons (Fsp3) is 0.0625. The summed E-state index contributed by atoms with van der Waals surface area (Å²) < 4.78 is 10.4. The molecule has 0 unspecified atom stereocenters. The van der Waals surface area contributed by atoms with Gasteiger partial charge in [0.05, 0.1) is 34.3 Å². The van der Waals surface area contributed by atoms with E-state index in [1.165, 1.54) is 88.3 Å². The molecule has 4 heteroatoms. The van der Waals surface area contributed by atoms with Crippen LogP contribution in [0.2, 0.25) is 0 Å². The van der Waals surface area contributed by atoms with Gasteiger partial charge in [-0.05, 0) is 64.7 Å². The predicted molar refractivity (Wildman–Crippen MR) is 139 cm³/mol. The molecule has 0 saturated carbocycles. The molecule has 0 fully saturated rings. The number of rotatable bonds is 0. The lowest BCUT2D eigenvalue weighted by molar-refractivity contribution is -0.922. The molecule has 7 heterocycles. The molecule has 4 aliphatic rings. The van der Waals surface area contributed by atoms with E-state index < -0.39 is 5.66 Å². The van der Waals surface area contributed by atoms with Crippen molar-refractivity contribution in [1.29, 1.82) is 0 Å². The molecule has 4 nitrogen and oxygen atoms in total. The molecule has 162 valence electrons. The maximum Gasteiger partial charge on any atom is 0.309 e. The van der Waals surface area contributed by atoms with Crippen LogP contribution in [0, 0.1) is 0 Å². The third-order valence-corrected chi connectivity index (χ3v) is 9.81. The van der Waals surface area contributed by atoms with Crippen molar-refractivity contribution in [3.05, 3.63) is 107 Å². The molecule has 12 rings (SSSR count). The molecule has 1 aliphatic carbocycles. The monoisotopic (exact) mass is 456 g/mol. The minimum Gasteiger partial charge on any atom is -0.195 e. The van der Waals surface area contributed by atoms with Crippen molar-refractivity contribution >= 4 is 54.9 Å². The number of hydrogen-bond acceptors (Lipinski definition) is 0. The standard InChI is InChI=1S/C32H16N4/c1-3-16-11-13-33-22-9-7-18-15-19-8-10-23-29-27(19)26(18)28(22)35-30(33)24(16)20(5-1)32(35)21-6-2-4-17-12-14-34(23)31(25(17)21)36(29)32/h1-14H,15H2/q+2. The van der Waals surface area contributed by atoms with Crippen LogP contribution < -0.4 is 9.13 Å². The minimum atomic E-state index is -0.443. The van der Waals surface area contributed by atoms with Gasteiger partial charge in [0, 0.05) is 11.1 Å². The molecule has 3 aliphatic heterocycles. The fourth-order valence-corrected chi connectivity index (χ4v) is 8.73. The molecular weight excluding hydrogens is 440 g/mol. The van der Waals surface area contributed by atoms with Crippen LogP contribution in [0.5, 0.6) is 0 Å². The Morgan fingerprint density at radius 3 is 1.64 bits per heavy atom. The maximum atomic E-state index is 2.72. The van der Waals surface area contributed by atoms with E-state index in [0.717, 1.165) is 6.42 Å². The molecule has 0 saturated heterocycles. The highest BCUT2D eigenvalue weighted by Gasteiger charge is 2.64. The third kappa shape index (κ3) is 1.21. The Balaban J connectivity index is 1.59. The van der Waals surface area contributed by atoms with Crippen molar-refractivity contribution in [3.63, 3.8) is 0 Å². The summed E-state index contributed by atoms with van der Waals surface area (Å²) in [5.41, 5.74) is 16.2. The Morgan fingerprint density at radius 1 is 0.583 bits per heavy atom. The molecule has 0 atom stereocenters. The second kappa shape index (κ2) is 4.47. The van der Waals surface area contributed by atoms with E-state index in [1.54, 1.807) is 0 Å². The van der Waals surface area contributed by atoms with Crippen molar-refractivity contribution in [1.82, 2.24) is 8.80 Å². The summed E-state index contributed by atoms with van der Waals surface area (Å²) in [5, 5.41) is 5.39. The number of fused-ring (bicyclic) bond motifs is 2. The highest BCUT2D eigenvalue weighted by molar-refractivity contribution is 6.11. The molecule has 0 N–H and O–H groups in total. The van der Waals surface area contributed by atoms with Crippen molar-refractivity contribution in [2.75, 3.05) is 0 Å². The van der Waals surface area contributed by atoms with Crippen LogP contribution in [0.4, 0.5) is 0 Å². The molecule has 1 spiro atoms. The van der Waals surface area contributed by atoms with Gasteiger partial charge in [-0.25, -0.2) is 0 Å². The summed E-state index contributed by atoms with van der Waals surface area (Å²) in [6.45, 7) is 0. The smallest absolute Gasteiger partial charge is 0.195 e. The van der Waals surface area contributed by atoms with Gasteiger partial charge in [-0.3, -0.25) is 0 Å². The van der Waals surface area contributed by atoms with Gasteiger partial charge in [-0.1, -0.05) is 36.4 Å². The normalized spacial score (nSPS) is 16.4. The first-order valence-electron chi connectivity index (χ1n) is 12.8. The summed E-state index contributed by atoms with van der Waals surface area (Å²) in [4.78, 5) is 0. The summed E-state index contributed by atoms with van der Waals surface area (Å²) in [7, 11) is 0. The number of benzene rings is 4. The fourth-order valence-electron chi connectivity index (χ4n) is 8.73. The number of aromatic nitrogens is 4. The minimum absolute atomic E-state index is 0.443. The summed E-state index contributed by atoms with van der Waals surface area (Å²) >= 11 is 0. The molecule has 0 bridgehead atoms. The van der Waals surface area contributed by atoms with Crippen LogP contribution in [-0.2, 0) is 12.1 Å². The van der Waals surface area contributed by atoms with Crippen LogP contribution in [0.3, 0.4) is 0 Å². The second-order valence-electron chi connectivity index (χ2n) is 11.0. The first-order chi connectivity index (χ1) is 17.9. The lowest BCUT2D eigenvalue weighted by atomic mass is 9.89. The van der Waals surface area contributed by atoms with E-state index in [9.17, 15) is 0 Å². The van der Waals surface area contributed by atoms with Gasteiger partial charge in [0.2, 0.25) is 0 Å². The van der Waals surface area contributed by atoms with Gasteiger partial charge in [-0.15, -0.1) is 0 Å². The largest absolute Gasteiger partial charge is 0.309 e. The first-order valence-corrected chi connectivity index (χ1v) is 12.8. The Labute approximate surface area is 203 Å². The van der Waals surface area contributed by atoms with Crippen LogP contribution in [-0.4, -0.2) is 8.80 Å². The molecular formula is C32H16N4+2. The zero-order valence-corrected chi connectivity index (χ0v) is 19.1. The lowest BCUT2D eigenvalue weighted by Crippen LogP contribution is -2.71. The average Bonchev–Trinajstić information content (AvgIpc) is 3.66. The average molecular weight is 457 g/mol. The number of pyridine rings is 2. The second-order valence-corrected chi connectivity index (χ2v) is 11.0. The molecule has 0 radical (unpaired) electrons. The van der Waals surface area contributed by atoms with E-state index in [-0.39, 0.29) is 0 Å². The van der Waals surface area contributed by atoms with Crippen molar-refractivity contribution < 1.29 is 9.13 Å². The topological polar surface area (TPSA) is 16.6 Å². The van der Waals surface area contributed by atoms with E-state index in [4.69, 9.17) is 0 Å². The Kier molecular flexibility index (Phi) is 1.99. The van der Waals surface area contributed by atoms with Crippen LogP contribution in [0.15, 0.2) is 85.2 Å². The van der Waals surface area contributed by atoms with Gasteiger partial charge < -0.3 is 0 Å². The van der Waals surface area contributed by atoms with Gasteiger partial charge >= 0.3 is 5.66 Å². The van der Waals surface area contributed by atoms with Crippen LogP contribution in [0.1, 0.15) is 22.3 Å². The lowest BCUT2D eigenvalue weighted by Gasteiger charge is -2.23. The van der Waals surface area contributed by atoms with Gasteiger partial charge in [0.15, 0.2) is 22.1 Å². The molecule has 0 amide bonds. The van der Waals surface area contributed by atoms with Gasteiger partial charge in [0.1, 0.15) is 0 Å². The van der Waals surface area contributed by atoms with E-state index in [0.29, 0.717) is 0 Å². The van der Waals surface area contributed by atoms with E-state index in [1.807, 2.05) is 0 Å². The number of imidazole rings is 2. The number of hydrogen-bond donors (Lipinski definition) is 0. The van der Waals surface area contributed by atoms with Crippen molar-refractivity contribution in [2.24, 2.45) is 0 Å². The quantitative estimate of drug-likeness (QED) is 0.280. The predicted octanol–water partition coefficient (Wildman–Crippen LogP) is 5.19. The van der Waals surface area contributed by atoms with E-state index in [2.05, 4.69) is 103 Å². The third-order valence-electron chi connectivity index (χ3n) is 9.81. The maximum absolute atomic E-state index is 2.72. The van der Waals surface area contributed by atoms with Crippen LogP contribution >= 0.6 is 0 Å². The van der Waals surface area contributed by atoms with Crippen molar-refractivity contribution in [2.45, 2.75) is 12.1 Å². The van der Waals surface area contributed by atoms with Crippen LogP contribution in [0.25, 0.3) is 66.0 Å². The van der Waals surface area contributed by atoms with Gasteiger partial charge in [-0.2, -0.15) is 17.9 Å². The Bertz CT molecular complexity index is 2330. The summed E-state index contributed by atoms with van der Waals surface area (Å²) in [6.07, 6.45) is 5.58. The molecule has 36 heavy (non-hydrogen) atoms. The molecule has 4 aromatic heterocycles. The van der Waals surface area contributed by atoms with Gasteiger partial charge in [0.25, 0.3) is 11.3 Å². The zero-order chi connectivity index (χ0) is 22.7.